The molecule has 40 heavy (non-hydrogen) atoms. The van der Waals surface area contributed by atoms with E-state index >= 15 is 0 Å². The number of primary amides is 2. The third kappa shape index (κ3) is 14.9. The minimum absolute atomic E-state index is 0.00970. The van der Waals surface area contributed by atoms with E-state index in [0.29, 0.717) is 0 Å². The molecule has 0 aliphatic carbocycles. The molecule has 0 fully saturated rings. The number of carbonyl (C=O) groups is 7. The lowest BCUT2D eigenvalue weighted by Crippen LogP contribution is -2.57. The van der Waals surface area contributed by atoms with Crippen LogP contribution in [-0.4, -0.2) is 99.7 Å². The fourth-order valence-electron chi connectivity index (χ4n) is 3.49. The predicted molar refractivity (Wildman–Crippen MR) is 139 cm³/mol. The van der Waals surface area contributed by atoms with Crippen LogP contribution in [0.1, 0.15) is 52.9 Å². The lowest BCUT2D eigenvalue weighted by atomic mass is 9.98. The van der Waals surface area contributed by atoms with E-state index in [-0.39, 0.29) is 25.3 Å². The van der Waals surface area contributed by atoms with Crippen LogP contribution in [0.3, 0.4) is 0 Å². The first-order chi connectivity index (χ1) is 18.4. The summed E-state index contributed by atoms with van der Waals surface area (Å²) in [6.07, 6.45) is -2.92. The summed E-state index contributed by atoms with van der Waals surface area (Å²) in [5.74, 6) is -6.89. The predicted octanol–water partition coefficient (Wildman–Crippen LogP) is -4.15. The van der Waals surface area contributed by atoms with E-state index < -0.39 is 97.1 Å². The quantitative estimate of drug-likeness (QED) is 0.0661. The van der Waals surface area contributed by atoms with Crippen molar-refractivity contribution in [1.29, 1.82) is 0 Å². The first-order valence-electron chi connectivity index (χ1n) is 12.5. The van der Waals surface area contributed by atoms with Gasteiger partial charge in [-0.25, -0.2) is 0 Å². The van der Waals surface area contributed by atoms with Crippen LogP contribution >= 0.6 is 0 Å². The van der Waals surface area contributed by atoms with Gasteiger partial charge in [0, 0.05) is 13.0 Å². The molecule has 0 aliphatic rings. The van der Waals surface area contributed by atoms with Gasteiger partial charge >= 0.3 is 11.9 Å². The van der Waals surface area contributed by atoms with E-state index in [1.165, 1.54) is 6.92 Å². The molecule has 0 unspecified atom stereocenters. The minimum atomic E-state index is -1.42. The molecule has 0 rings (SSSR count). The standard InChI is InChI=1S/C23H41N7O10/c1-10(2)6-14(30-22(39)12(24)7-17(25)32)16(31)9-27-15(8-19(35)36)23(40)28-11(3)21(38)29-13(20(26)37)4-5-18(33)34/h10-16,27,31H,4-9,24H2,1-3H3,(H2,25,32)(H2,26,37)(H,28,40)(H,29,38)(H,30,39)(H,33,34)(H,35,36)/t11-,12-,13-,14-,15-,16-/m0/s1. The Labute approximate surface area is 231 Å². The molecule has 0 radical (unpaired) electrons. The Hall–Kier alpha value is -3.83. The number of rotatable bonds is 20. The van der Waals surface area contributed by atoms with Crippen LogP contribution in [0, 0.1) is 5.92 Å². The average molecular weight is 576 g/mol. The van der Waals surface area contributed by atoms with Crippen molar-refractivity contribution in [2.45, 2.75) is 89.2 Å². The molecule has 0 aromatic rings. The van der Waals surface area contributed by atoms with Crippen molar-refractivity contribution in [2.75, 3.05) is 6.54 Å². The molecular formula is C23H41N7O10. The minimum Gasteiger partial charge on any atom is -0.481 e. The number of aliphatic carboxylic acids is 2. The van der Waals surface area contributed by atoms with E-state index in [9.17, 15) is 43.8 Å². The fraction of sp³-hybridized carbons (Fsp3) is 0.696. The molecule has 17 nitrogen and oxygen atoms in total. The first-order valence-corrected chi connectivity index (χ1v) is 12.5. The van der Waals surface area contributed by atoms with Gasteiger partial charge in [0.15, 0.2) is 0 Å². The number of nitrogens with two attached hydrogens (primary N) is 3. The fourth-order valence-corrected chi connectivity index (χ4v) is 3.49. The number of aliphatic hydroxyl groups excluding tert-OH is 1. The SMILES string of the molecule is CC(C)C[C@H](NC(=O)[C@@H](N)CC(N)=O)[C@@H](O)CN[C@@H](CC(=O)O)C(=O)N[C@@H](C)C(=O)N[C@@H](CCC(=O)O)C(N)=O. The van der Waals surface area contributed by atoms with E-state index in [2.05, 4.69) is 21.3 Å². The van der Waals surface area contributed by atoms with E-state index in [1.54, 1.807) is 0 Å². The average Bonchev–Trinajstić information content (AvgIpc) is 2.81. The number of amides is 5. The maximum absolute atomic E-state index is 12.8. The van der Waals surface area contributed by atoms with Crippen molar-refractivity contribution in [3.8, 4) is 0 Å². The molecule has 0 aromatic heterocycles. The second kappa shape index (κ2) is 17.7. The zero-order valence-electron chi connectivity index (χ0n) is 22.7. The van der Waals surface area contributed by atoms with Crippen molar-refractivity contribution in [1.82, 2.24) is 21.3 Å². The summed E-state index contributed by atoms with van der Waals surface area (Å²) < 4.78 is 0. The Morgan fingerprint density at radius 2 is 1.38 bits per heavy atom. The van der Waals surface area contributed by atoms with Crippen LogP contribution in [0.2, 0.25) is 0 Å². The summed E-state index contributed by atoms with van der Waals surface area (Å²) in [6, 6.07) is -6.14. The van der Waals surface area contributed by atoms with E-state index in [0.717, 1.165) is 0 Å². The van der Waals surface area contributed by atoms with Crippen molar-refractivity contribution < 1.29 is 48.9 Å². The number of hydrogen-bond donors (Lipinski definition) is 10. The number of hydrogen-bond acceptors (Lipinski definition) is 10. The lowest BCUT2D eigenvalue weighted by Gasteiger charge is -2.28. The summed E-state index contributed by atoms with van der Waals surface area (Å²) in [4.78, 5) is 82.2. The van der Waals surface area contributed by atoms with Crippen molar-refractivity contribution in [3.63, 3.8) is 0 Å². The van der Waals surface area contributed by atoms with Crippen LogP contribution in [0.15, 0.2) is 0 Å². The highest BCUT2D eigenvalue weighted by Gasteiger charge is 2.30. The summed E-state index contributed by atoms with van der Waals surface area (Å²) in [7, 11) is 0. The van der Waals surface area contributed by atoms with Crippen molar-refractivity contribution >= 4 is 41.5 Å². The molecular weight excluding hydrogens is 534 g/mol. The highest BCUT2D eigenvalue weighted by molar-refractivity contribution is 5.93. The van der Waals surface area contributed by atoms with Crippen LogP contribution in [-0.2, 0) is 33.6 Å². The second-order valence-corrected chi connectivity index (χ2v) is 9.77. The van der Waals surface area contributed by atoms with Gasteiger partial charge in [-0.2, -0.15) is 0 Å². The summed E-state index contributed by atoms with van der Waals surface area (Å²) in [5.41, 5.74) is 15.9. The third-order valence-electron chi connectivity index (χ3n) is 5.60. The molecule has 0 aromatic carbocycles. The molecule has 0 aliphatic heterocycles. The molecule has 0 saturated heterocycles. The van der Waals surface area contributed by atoms with Gasteiger partial charge in [-0.05, 0) is 25.7 Å². The highest BCUT2D eigenvalue weighted by atomic mass is 16.4. The van der Waals surface area contributed by atoms with E-state index in [4.69, 9.17) is 22.3 Å². The largest absolute Gasteiger partial charge is 0.481 e. The monoisotopic (exact) mass is 575 g/mol. The van der Waals surface area contributed by atoms with Gasteiger partial charge in [0.1, 0.15) is 12.1 Å². The first kappa shape index (κ1) is 36.2. The van der Waals surface area contributed by atoms with E-state index in [1.807, 2.05) is 13.8 Å². The Balaban J connectivity index is 5.35. The van der Waals surface area contributed by atoms with Crippen LogP contribution in [0.25, 0.3) is 0 Å². The zero-order chi connectivity index (χ0) is 31.2. The van der Waals surface area contributed by atoms with Gasteiger partial charge in [0.2, 0.25) is 29.5 Å². The van der Waals surface area contributed by atoms with Gasteiger partial charge in [0.25, 0.3) is 0 Å². The number of carboxylic acids is 2. The molecule has 6 atom stereocenters. The van der Waals surface area contributed by atoms with Gasteiger partial charge in [-0.1, -0.05) is 13.8 Å². The molecule has 0 bridgehead atoms. The molecule has 17 heteroatoms. The van der Waals surface area contributed by atoms with Crippen molar-refractivity contribution in [2.24, 2.45) is 23.1 Å². The summed E-state index contributed by atoms with van der Waals surface area (Å²) in [5, 5.41) is 38.4. The maximum atomic E-state index is 12.8. The Morgan fingerprint density at radius 1 is 0.775 bits per heavy atom. The number of nitrogens with one attached hydrogen (secondary N) is 4. The summed E-state index contributed by atoms with van der Waals surface area (Å²) in [6.45, 7) is 4.53. The van der Waals surface area contributed by atoms with Gasteiger partial charge in [-0.15, -0.1) is 0 Å². The van der Waals surface area contributed by atoms with Gasteiger partial charge in [-0.3, -0.25) is 33.6 Å². The lowest BCUT2D eigenvalue weighted by molar-refractivity contribution is -0.140. The van der Waals surface area contributed by atoms with Gasteiger partial charge in [0.05, 0.1) is 37.1 Å². The Bertz CT molecular complexity index is 930. The number of aliphatic hydroxyl groups is 1. The molecule has 0 saturated carbocycles. The molecule has 228 valence electrons. The topological polar surface area (TPSA) is 306 Å². The molecule has 13 N–H and O–H groups in total. The smallest absolute Gasteiger partial charge is 0.305 e. The van der Waals surface area contributed by atoms with Crippen LogP contribution in [0.4, 0.5) is 0 Å². The van der Waals surface area contributed by atoms with Crippen LogP contribution in [0.5, 0.6) is 0 Å². The normalized spacial score (nSPS) is 15.6. The maximum Gasteiger partial charge on any atom is 0.305 e. The molecule has 5 amide bonds. The van der Waals surface area contributed by atoms with Gasteiger partial charge < -0.3 is 53.8 Å². The number of carboxylic acid groups (broad SMARTS) is 2. The third-order valence-corrected chi connectivity index (χ3v) is 5.60. The zero-order valence-corrected chi connectivity index (χ0v) is 22.7. The highest BCUT2D eigenvalue weighted by Crippen LogP contribution is 2.10. The Kier molecular flexibility index (Phi) is 16.0. The van der Waals surface area contributed by atoms with Crippen molar-refractivity contribution in [3.05, 3.63) is 0 Å². The Morgan fingerprint density at radius 3 is 1.85 bits per heavy atom. The van der Waals surface area contributed by atoms with Crippen LogP contribution < -0.4 is 38.5 Å². The molecule has 0 spiro atoms. The summed E-state index contributed by atoms with van der Waals surface area (Å²) >= 11 is 0. The number of carbonyl (C=O) groups excluding carboxylic acids is 5. The molecule has 0 heterocycles. The second-order valence-electron chi connectivity index (χ2n) is 9.77.